The number of benzene rings is 1. The molecular formula is C19H28N4. The van der Waals surface area contributed by atoms with Gasteiger partial charge < -0.3 is 4.90 Å². The molecular weight excluding hydrogens is 284 g/mol. The van der Waals surface area contributed by atoms with Crippen LogP contribution >= 0.6 is 0 Å². The minimum absolute atomic E-state index is 0.365. The highest BCUT2D eigenvalue weighted by atomic mass is 15.1. The van der Waals surface area contributed by atoms with E-state index in [4.69, 9.17) is 0 Å². The first kappa shape index (κ1) is 17.6. The highest BCUT2D eigenvalue weighted by Gasteiger charge is 2.07. The van der Waals surface area contributed by atoms with Gasteiger partial charge in [0.25, 0.3) is 0 Å². The van der Waals surface area contributed by atoms with E-state index in [1.807, 2.05) is 12.3 Å². The summed E-state index contributed by atoms with van der Waals surface area (Å²) in [5.41, 5.74) is 3.75. The zero-order valence-electron chi connectivity index (χ0n) is 15.0. The Kier molecular flexibility index (Phi) is 6.25. The second-order valence-electron chi connectivity index (χ2n) is 6.79. The third kappa shape index (κ3) is 5.73. The van der Waals surface area contributed by atoms with E-state index in [-0.39, 0.29) is 0 Å². The monoisotopic (exact) mass is 312 g/mol. The number of hydrogen-bond donors (Lipinski definition) is 0. The molecule has 23 heavy (non-hydrogen) atoms. The number of nitrogens with zero attached hydrogens (tertiary/aromatic N) is 4. The van der Waals surface area contributed by atoms with Gasteiger partial charge in [0.05, 0.1) is 5.69 Å². The van der Waals surface area contributed by atoms with Crippen molar-refractivity contribution in [2.75, 3.05) is 21.1 Å². The van der Waals surface area contributed by atoms with E-state index in [9.17, 15) is 0 Å². The molecule has 0 bridgehead atoms. The van der Waals surface area contributed by atoms with Gasteiger partial charge in [-0.3, -0.25) is 4.90 Å². The van der Waals surface area contributed by atoms with E-state index >= 15 is 0 Å². The molecule has 4 heteroatoms. The maximum atomic E-state index is 4.64. The highest BCUT2D eigenvalue weighted by molar-refractivity contribution is 5.22. The van der Waals surface area contributed by atoms with Crippen molar-refractivity contribution in [3.05, 3.63) is 59.2 Å². The minimum Gasteiger partial charge on any atom is -0.305 e. The van der Waals surface area contributed by atoms with Crippen LogP contribution in [-0.4, -0.2) is 40.9 Å². The fourth-order valence-corrected chi connectivity index (χ4v) is 2.54. The summed E-state index contributed by atoms with van der Waals surface area (Å²) < 4.78 is 0. The Morgan fingerprint density at radius 3 is 2.04 bits per heavy atom. The fourth-order valence-electron chi connectivity index (χ4n) is 2.54. The van der Waals surface area contributed by atoms with E-state index in [2.05, 4.69) is 79.0 Å². The fraction of sp³-hybridized carbons (Fsp3) is 0.474. The van der Waals surface area contributed by atoms with Crippen molar-refractivity contribution in [1.82, 2.24) is 19.8 Å². The predicted octanol–water partition coefficient (Wildman–Crippen LogP) is 3.29. The molecule has 0 aliphatic heterocycles. The second-order valence-corrected chi connectivity index (χ2v) is 6.79. The average molecular weight is 312 g/mol. The third-order valence-electron chi connectivity index (χ3n) is 3.65. The topological polar surface area (TPSA) is 32.3 Å². The van der Waals surface area contributed by atoms with Gasteiger partial charge in [-0.05, 0) is 38.3 Å². The predicted molar refractivity (Wildman–Crippen MR) is 95.1 cm³/mol. The molecule has 0 atom stereocenters. The zero-order chi connectivity index (χ0) is 16.8. The normalized spacial score (nSPS) is 11.7. The Bertz CT molecular complexity index is 605. The molecule has 2 aromatic rings. The first-order valence-corrected chi connectivity index (χ1v) is 8.17. The molecule has 1 aromatic heterocycles. The van der Waals surface area contributed by atoms with Crippen LogP contribution in [0.5, 0.6) is 0 Å². The highest BCUT2D eigenvalue weighted by Crippen LogP contribution is 2.12. The minimum atomic E-state index is 0.365. The lowest BCUT2D eigenvalue weighted by Gasteiger charge is -2.17. The van der Waals surface area contributed by atoms with Crippen LogP contribution in [0.3, 0.4) is 0 Å². The number of hydrogen-bond acceptors (Lipinski definition) is 4. The maximum absolute atomic E-state index is 4.64. The van der Waals surface area contributed by atoms with E-state index in [1.165, 1.54) is 11.1 Å². The number of aromatic nitrogens is 2. The number of rotatable bonds is 7. The lowest BCUT2D eigenvalue weighted by molar-refractivity contribution is 0.314. The van der Waals surface area contributed by atoms with Crippen LogP contribution < -0.4 is 0 Å². The Morgan fingerprint density at radius 1 is 0.870 bits per heavy atom. The van der Waals surface area contributed by atoms with Crippen molar-refractivity contribution in [2.45, 2.75) is 39.4 Å². The molecule has 0 saturated heterocycles. The zero-order valence-corrected chi connectivity index (χ0v) is 15.0. The molecule has 0 unspecified atom stereocenters. The first-order chi connectivity index (χ1) is 10.9. The molecule has 1 heterocycles. The summed E-state index contributed by atoms with van der Waals surface area (Å²) >= 11 is 0. The van der Waals surface area contributed by atoms with Gasteiger partial charge in [0.1, 0.15) is 5.82 Å². The summed E-state index contributed by atoms with van der Waals surface area (Å²) in [5, 5.41) is 0. The first-order valence-electron chi connectivity index (χ1n) is 8.17. The van der Waals surface area contributed by atoms with Crippen molar-refractivity contribution in [2.24, 2.45) is 0 Å². The Hall–Kier alpha value is -1.78. The SMILES string of the molecule is CC(C)c1nccc(CN(C)Cc2ccc(CN(C)C)cc2)n1. The molecule has 0 fully saturated rings. The van der Waals surface area contributed by atoms with Crippen molar-refractivity contribution < 1.29 is 0 Å². The summed E-state index contributed by atoms with van der Waals surface area (Å²) in [6, 6.07) is 10.9. The van der Waals surface area contributed by atoms with Crippen LogP contribution in [0.4, 0.5) is 0 Å². The Balaban J connectivity index is 1.94. The van der Waals surface area contributed by atoms with Gasteiger partial charge in [0.15, 0.2) is 0 Å². The lowest BCUT2D eigenvalue weighted by atomic mass is 10.1. The van der Waals surface area contributed by atoms with Gasteiger partial charge in [0, 0.05) is 31.7 Å². The van der Waals surface area contributed by atoms with E-state index in [1.54, 1.807) is 0 Å². The molecule has 1 aromatic carbocycles. The van der Waals surface area contributed by atoms with Gasteiger partial charge in [-0.25, -0.2) is 9.97 Å². The third-order valence-corrected chi connectivity index (χ3v) is 3.65. The molecule has 0 N–H and O–H groups in total. The molecule has 0 aliphatic rings. The standard InChI is InChI=1S/C19H28N4/c1-15(2)19-20-11-10-18(21-19)14-23(5)13-17-8-6-16(7-9-17)12-22(3)4/h6-11,15H,12-14H2,1-5H3. The van der Waals surface area contributed by atoms with Crippen LogP contribution in [0.1, 0.15) is 42.4 Å². The molecule has 0 amide bonds. The molecule has 0 radical (unpaired) electrons. The van der Waals surface area contributed by atoms with Crippen LogP contribution in [-0.2, 0) is 19.6 Å². The van der Waals surface area contributed by atoms with Gasteiger partial charge in [-0.1, -0.05) is 38.1 Å². The van der Waals surface area contributed by atoms with Crippen molar-refractivity contribution in [3.63, 3.8) is 0 Å². The molecule has 0 spiro atoms. The van der Waals surface area contributed by atoms with Gasteiger partial charge in [-0.2, -0.15) is 0 Å². The molecule has 124 valence electrons. The largest absolute Gasteiger partial charge is 0.305 e. The smallest absolute Gasteiger partial charge is 0.131 e. The van der Waals surface area contributed by atoms with Crippen molar-refractivity contribution in [3.8, 4) is 0 Å². The molecule has 0 saturated carbocycles. The van der Waals surface area contributed by atoms with Crippen LogP contribution in [0, 0.1) is 0 Å². The summed E-state index contributed by atoms with van der Waals surface area (Å²) in [5.74, 6) is 1.29. The van der Waals surface area contributed by atoms with Gasteiger partial charge >= 0.3 is 0 Å². The summed E-state index contributed by atoms with van der Waals surface area (Å²) in [4.78, 5) is 13.4. The van der Waals surface area contributed by atoms with Crippen LogP contribution in [0.15, 0.2) is 36.5 Å². The summed E-state index contributed by atoms with van der Waals surface area (Å²) in [6.07, 6.45) is 1.86. The lowest BCUT2D eigenvalue weighted by Crippen LogP contribution is -2.18. The molecule has 4 nitrogen and oxygen atoms in total. The van der Waals surface area contributed by atoms with Gasteiger partial charge in [-0.15, -0.1) is 0 Å². The van der Waals surface area contributed by atoms with Crippen molar-refractivity contribution >= 4 is 0 Å². The maximum Gasteiger partial charge on any atom is 0.131 e. The Morgan fingerprint density at radius 2 is 1.48 bits per heavy atom. The van der Waals surface area contributed by atoms with Crippen molar-refractivity contribution in [1.29, 1.82) is 0 Å². The second kappa shape index (κ2) is 8.18. The van der Waals surface area contributed by atoms with E-state index in [0.29, 0.717) is 5.92 Å². The summed E-state index contributed by atoms with van der Waals surface area (Å²) in [7, 11) is 6.31. The summed E-state index contributed by atoms with van der Waals surface area (Å²) in [6.45, 7) is 6.98. The molecule has 2 rings (SSSR count). The average Bonchev–Trinajstić information content (AvgIpc) is 2.49. The van der Waals surface area contributed by atoms with Crippen LogP contribution in [0.2, 0.25) is 0 Å². The molecule has 0 aliphatic carbocycles. The van der Waals surface area contributed by atoms with E-state index in [0.717, 1.165) is 31.2 Å². The Labute approximate surface area is 140 Å². The van der Waals surface area contributed by atoms with E-state index < -0.39 is 0 Å². The van der Waals surface area contributed by atoms with Crippen LogP contribution in [0.25, 0.3) is 0 Å². The quantitative estimate of drug-likeness (QED) is 0.785. The van der Waals surface area contributed by atoms with Gasteiger partial charge in [0.2, 0.25) is 0 Å².